The molecule has 5 heteroatoms. The molecule has 0 spiro atoms. The molecule has 106 valence electrons. The van der Waals surface area contributed by atoms with Crippen LogP contribution in [0.4, 0.5) is 0 Å². The van der Waals surface area contributed by atoms with Gasteiger partial charge in [0.05, 0.1) is 0 Å². The summed E-state index contributed by atoms with van der Waals surface area (Å²) < 4.78 is 0. The Kier molecular flexibility index (Phi) is 11.0. The summed E-state index contributed by atoms with van der Waals surface area (Å²) in [7, 11) is 1.84. The molecule has 0 radical (unpaired) electrons. The van der Waals surface area contributed by atoms with Gasteiger partial charge in [0.2, 0.25) is 0 Å². The van der Waals surface area contributed by atoms with Gasteiger partial charge in [-0.3, -0.25) is 4.99 Å². The molecule has 3 nitrogen and oxygen atoms in total. The molecule has 1 fully saturated rings. The molecule has 2 N–H and O–H groups in total. The Morgan fingerprint density at radius 1 is 1.44 bits per heavy atom. The van der Waals surface area contributed by atoms with Crippen LogP contribution in [0.25, 0.3) is 0 Å². The minimum absolute atomic E-state index is 0. The number of allylic oxidation sites excluding steroid dienone is 1. The van der Waals surface area contributed by atoms with E-state index in [1.807, 2.05) is 25.7 Å². The molecule has 0 aromatic heterocycles. The van der Waals surface area contributed by atoms with E-state index < -0.39 is 0 Å². The molecule has 0 amide bonds. The zero-order chi connectivity index (χ0) is 12.5. The Labute approximate surface area is 133 Å². The topological polar surface area (TPSA) is 36.4 Å². The molecule has 1 aliphatic carbocycles. The van der Waals surface area contributed by atoms with E-state index in [0.717, 1.165) is 24.2 Å². The maximum Gasteiger partial charge on any atom is 0.191 e. The van der Waals surface area contributed by atoms with E-state index in [1.165, 1.54) is 19.3 Å². The molecule has 0 aromatic carbocycles. The summed E-state index contributed by atoms with van der Waals surface area (Å²) in [6, 6.07) is 0.598. The second-order valence-electron chi connectivity index (χ2n) is 4.37. The number of nitrogens with one attached hydrogen (secondary N) is 2. The lowest BCUT2D eigenvalue weighted by Gasteiger charge is -2.17. The molecule has 0 aromatic rings. The SMILES string of the molecule is CC=CCCNC(=NC)NC1CCC(SC)C1.I. The summed E-state index contributed by atoms with van der Waals surface area (Å²) in [5.74, 6) is 0.946. The van der Waals surface area contributed by atoms with E-state index in [1.54, 1.807) is 0 Å². The van der Waals surface area contributed by atoms with E-state index in [4.69, 9.17) is 0 Å². The molecule has 1 rings (SSSR count). The Bertz CT molecular complexity index is 269. The number of guanidine groups is 1. The predicted octanol–water partition coefficient (Wildman–Crippen LogP) is 3.02. The molecular weight excluding hydrogens is 357 g/mol. The van der Waals surface area contributed by atoms with Crippen LogP contribution in [0.15, 0.2) is 17.1 Å². The lowest BCUT2D eigenvalue weighted by molar-refractivity contribution is 0.615. The van der Waals surface area contributed by atoms with Crippen LogP contribution < -0.4 is 10.6 Å². The maximum atomic E-state index is 4.26. The minimum atomic E-state index is 0. The summed E-state index contributed by atoms with van der Waals surface area (Å²) in [5.41, 5.74) is 0. The first-order chi connectivity index (χ1) is 8.30. The molecule has 1 aliphatic rings. The standard InChI is InChI=1S/C13H25N3S.HI/c1-4-5-6-9-15-13(14-2)16-11-7-8-12(10-11)17-3;/h4-5,11-12H,6-10H2,1-3H3,(H2,14,15,16);1H. The van der Waals surface area contributed by atoms with Crippen molar-refractivity contribution in [2.75, 3.05) is 19.8 Å². The third kappa shape index (κ3) is 6.87. The van der Waals surface area contributed by atoms with Crippen molar-refractivity contribution in [3.63, 3.8) is 0 Å². The average molecular weight is 383 g/mol. The number of hydrogen-bond acceptors (Lipinski definition) is 2. The third-order valence-corrected chi connectivity index (χ3v) is 4.22. The van der Waals surface area contributed by atoms with Crippen LogP contribution in [0.2, 0.25) is 0 Å². The molecule has 18 heavy (non-hydrogen) atoms. The first-order valence-electron chi connectivity index (χ1n) is 6.41. The van der Waals surface area contributed by atoms with E-state index in [2.05, 4.69) is 34.0 Å². The highest BCUT2D eigenvalue weighted by atomic mass is 127. The second-order valence-corrected chi connectivity index (χ2v) is 5.51. The minimum Gasteiger partial charge on any atom is -0.356 e. The third-order valence-electron chi connectivity index (χ3n) is 3.12. The van der Waals surface area contributed by atoms with Gasteiger partial charge < -0.3 is 10.6 Å². The normalized spacial score (nSPS) is 24.1. The number of hydrogen-bond donors (Lipinski definition) is 2. The van der Waals surface area contributed by atoms with Crippen molar-refractivity contribution in [2.45, 2.75) is 43.9 Å². The number of aliphatic imine (C=N–C) groups is 1. The van der Waals surface area contributed by atoms with Crippen LogP contribution in [-0.4, -0.2) is 37.1 Å². The summed E-state index contributed by atoms with van der Waals surface area (Å²) in [6.45, 7) is 3.00. The van der Waals surface area contributed by atoms with E-state index in [9.17, 15) is 0 Å². The first kappa shape index (κ1) is 18.1. The largest absolute Gasteiger partial charge is 0.356 e. The van der Waals surface area contributed by atoms with E-state index in [-0.39, 0.29) is 24.0 Å². The highest BCUT2D eigenvalue weighted by Crippen LogP contribution is 2.27. The Balaban J connectivity index is 0.00000289. The number of nitrogens with zero attached hydrogens (tertiary/aromatic N) is 1. The lowest BCUT2D eigenvalue weighted by Crippen LogP contribution is -2.42. The van der Waals surface area contributed by atoms with Crippen molar-refractivity contribution in [3.8, 4) is 0 Å². The molecule has 0 heterocycles. The van der Waals surface area contributed by atoms with Gasteiger partial charge in [0.15, 0.2) is 5.96 Å². The highest BCUT2D eigenvalue weighted by Gasteiger charge is 2.24. The number of rotatable bonds is 5. The van der Waals surface area contributed by atoms with Gasteiger partial charge in [-0.2, -0.15) is 11.8 Å². The van der Waals surface area contributed by atoms with Crippen LogP contribution in [0.3, 0.4) is 0 Å². The van der Waals surface area contributed by atoms with Gasteiger partial charge >= 0.3 is 0 Å². The summed E-state index contributed by atoms with van der Waals surface area (Å²) in [4.78, 5) is 4.26. The molecule has 2 unspecified atom stereocenters. The van der Waals surface area contributed by atoms with Crippen molar-refractivity contribution >= 4 is 41.7 Å². The second kappa shape index (κ2) is 11.0. The van der Waals surface area contributed by atoms with Gasteiger partial charge in [0.25, 0.3) is 0 Å². The van der Waals surface area contributed by atoms with Crippen molar-refractivity contribution < 1.29 is 0 Å². The summed E-state index contributed by atoms with van der Waals surface area (Å²) in [6.07, 6.45) is 11.4. The smallest absolute Gasteiger partial charge is 0.191 e. The predicted molar refractivity (Wildman–Crippen MR) is 94.3 cm³/mol. The van der Waals surface area contributed by atoms with E-state index in [0.29, 0.717) is 6.04 Å². The maximum absolute atomic E-state index is 4.26. The highest BCUT2D eigenvalue weighted by molar-refractivity contribution is 14.0. The fourth-order valence-corrected chi connectivity index (χ4v) is 2.91. The molecule has 2 atom stereocenters. The monoisotopic (exact) mass is 383 g/mol. The van der Waals surface area contributed by atoms with Crippen molar-refractivity contribution in [2.24, 2.45) is 4.99 Å². The van der Waals surface area contributed by atoms with Gasteiger partial charge in [0, 0.05) is 24.9 Å². The number of halogens is 1. The van der Waals surface area contributed by atoms with Gasteiger partial charge in [-0.1, -0.05) is 12.2 Å². The van der Waals surface area contributed by atoms with Gasteiger partial charge in [0.1, 0.15) is 0 Å². The van der Waals surface area contributed by atoms with Crippen molar-refractivity contribution in [3.05, 3.63) is 12.2 Å². The van der Waals surface area contributed by atoms with Crippen LogP contribution >= 0.6 is 35.7 Å². The van der Waals surface area contributed by atoms with E-state index >= 15 is 0 Å². The Hall–Kier alpha value is 0.0900. The van der Waals surface area contributed by atoms with Crippen LogP contribution in [0.5, 0.6) is 0 Å². The Morgan fingerprint density at radius 2 is 2.22 bits per heavy atom. The molecule has 1 saturated carbocycles. The molecule has 0 aliphatic heterocycles. The van der Waals surface area contributed by atoms with Gasteiger partial charge in [-0.05, 0) is 38.9 Å². The van der Waals surface area contributed by atoms with Crippen molar-refractivity contribution in [1.82, 2.24) is 10.6 Å². The molecule has 0 bridgehead atoms. The summed E-state index contributed by atoms with van der Waals surface area (Å²) >= 11 is 1.99. The zero-order valence-electron chi connectivity index (χ0n) is 11.6. The van der Waals surface area contributed by atoms with Gasteiger partial charge in [-0.25, -0.2) is 0 Å². The zero-order valence-corrected chi connectivity index (χ0v) is 14.8. The van der Waals surface area contributed by atoms with Crippen LogP contribution in [-0.2, 0) is 0 Å². The molecular formula is C13H26IN3S. The summed E-state index contributed by atoms with van der Waals surface area (Å²) in [5, 5.41) is 7.68. The van der Waals surface area contributed by atoms with Crippen molar-refractivity contribution in [1.29, 1.82) is 0 Å². The van der Waals surface area contributed by atoms with Gasteiger partial charge in [-0.15, -0.1) is 24.0 Å². The fourth-order valence-electron chi connectivity index (χ4n) is 2.11. The quantitative estimate of drug-likeness (QED) is 0.252. The fraction of sp³-hybridized carbons (Fsp3) is 0.769. The molecule has 0 saturated heterocycles. The average Bonchev–Trinajstić information content (AvgIpc) is 2.80. The van der Waals surface area contributed by atoms with Crippen LogP contribution in [0, 0.1) is 0 Å². The first-order valence-corrected chi connectivity index (χ1v) is 7.70. The lowest BCUT2D eigenvalue weighted by atomic mass is 10.2. The van der Waals surface area contributed by atoms with Crippen LogP contribution in [0.1, 0.15) is 32.6 Å². The Morgan fingerprint density at radius 3 is 2.78 bits per heavy atom. The number of thioether (sulfide) groups is 1.